The van der Waals surface area contributed by atoms with Crippen molar-refractivity contribution in [2.75, 3.05) is 11.9 Å². The summed E-state index contributed by atoms with van der Waals surface area (Å²) in [6.45, 7) is 2.74. The lowest BCUT2D eigenvalue weighted by atomic mass is 10.2. The Balaban J connectivity index is 2.06. The predicted octanol–water partition coefficient (Wildman–Crippen LogP) is 4.89. The Kier molecular flexibility index (Phi) is 5.65. The minimum Gasteiger partial charge on any atom is -0.462 e. The highest BCUT2D eigenvalue weighted by atomic mass is 79.9. The molecule has 2 aromatic rings. The predicted molar refractivity (Wildman–Crippen MR) is 88.9 cm³/mol. The minimum atomic E-state index is -0.317. The van der Waals surface area contributed by atoms with Gasteiger partial charge in [0, 0.05) is 21.7 Å². The maximum Gasteiger partial charge on any atom is 0.338 e. The summed E-state index contributed by atoms with van der Waals surface area (Å²) in [5.41, 5.74) is 2.37. The van der Waals surface area contributed by atoms with Crippen LogP contribution in [0.15, 0.2) is 46.9 Å². The second-order valence-corrected chi connectivity index (χ2v) is 5.71. The van der Waals surface area contributed by atoms with Crippen LogP contribution in [0.5, 0.6) is 0 Å². The van der Waals surface area contributed by atoms with Gasteiger partial charge in [-0.05, 0) is 42.8 Å². The van der Waals surface area contributed by atoms with Gasteiger partial charge < -0.3 is 10.1 Å². The number of nitrogens with one attached hydrogen (secondary N) is 1. The van der Waals surface area contributed by atoms with Gasteiger partial charge in [0.2, 0.25) is 0 Å². The smallest absolute Gasteiger partial charge is 0.338 e. The Morgan fingerprint density at radius 1 is 1.29 bits per heavy atom. The molecule has 0 aliphatic rings. The van der Waals surface area contributed by atoms with Gasteiger partial charge in [0.15, 0.2) is 0 Å². The zero-order chi connectivity index (χ0) is 15.2. The van der Waals surface area contributed by atoms with E-state index in [4.69, 9.17) is 16.3 Å². The zero-order valence-corrected chi connectivity index (χ0v) is 13.9. The third kappa shape index (κ3) is 4.48. The average molecular weight is 369 g/mol. The number of carbonyl (C=O) groups excluding carboxylic acids is 1. The summed E-state index contributed by atoms with van der Waals surface area (Å²) in [5, 5.41) is 3.94. The van der Waals surface area contributed by atoms with E-state index in [0.717, 1.165) is 15.7 Å². The standard InChI is InChI=1S/C16H15BrClNO2/c1-2-21-16(20)11-4-3-5-14(8-11)19-10-12-6-7-13(17)9-15(12)18/h3-9,19H,2,10H2,1H3. The molecule has 0 amide bonds. The third-order valence-corrected chi connectivity index (χ3v) is 3.72. The van der Waals surface area contributed by atoms with Crippen molar-refractivity contribution in [1.29, 1.82) is 0 Å². The van der Waals surface area contributed by atoms with Gasteiger partial charge in [-0.25, -0.2) is 4.79 Å². The second-order valence-electron chi connectivity index (χ2n) is 4.39. The van der Waals surface area contributed by atoms with Crippen LogP contribution in [0, 0.1) is 0 Å². The highest BCUT2D eigenvalue weighted by molar-refractivity contribution is 9.10. The molecule has 0 spiro atoms. The normalized spacial score (nSPS) is 10.2. The summed E-state index contributed by atoms with van der Waals surface area (Å²) in [6, 6.07) is 13.0. The highest BCUT2D eigenvalue weighted by Gasteiger charge is 2.07. The van der Waals surface area contributed by atoms with E-state index in [1.807, 2.05) is 30.3 Å². The molecule has 0 atom stereocenters. The topological polar surface area (TPSA) is 38.3 Å². The molecule has 1 N–H and O–H groups in total. The van der Waals surface area contributed by atoms with Gasteiger partial charge in [0.25, 0.3) is 0 Å². The number of esters is 1. The molecule has 3 nitrogen and oxygen atoms in total. The number of anilines is 1. The SMILES string of the molecule is CCOC(=O)c1cccc(NCc2ccc(Br)cc2Cl)c1. The molecular formula is C16H15BrClNO2. The van der Waals surface area contributed by atoms with Crippen molar-refractivity contribution in [3.63, 3.8) is 0 Å². The molecule has 2 aromatic carbocycles. The Morgan fingerprint density at radius 3 is 2.81 bits per heavy atom. The van der Waals surface area contributed by atoms with Crippen LogP contribution in [0.25, 0.3) is 0 Å². The number of benzene rings is 2. The monoisotopic (exact) mass is 367 g/mol. The van der Waals surface area contributed by atoms with Crippen LogP contribution in [0.4, 0.5) is 5.69 Å². The molecule has 5 heteroatoms. The first-order chi connectivity index (χ1) is 10.1. The van der Waals surface area contributed by atoms with Gasteiger partial charge in [-0.15, -0.1) is 0 Å². The van der Waals surface area contributed by atoms with E-state index in [1.165, 1.54) is 0 Å². The molecule has 0 unspecified atom stereocenters. The van der Waals surface area contributed by atoms with Crippen LogP contribution in [0.2, 0.25) is 5.02 Å². The molecule has 0 heterocycles. The van der Waals surface area contributed by atoms with Gasteiger partial charge >= 0.3 is 5.97 Å². The van der Waals surface area contributed by atoms with E-state index < -0.39 is 0 Å². The number of hydrogen-bond donors (Lipinski definition) is 1. The summed E-state index contributed by atoms with van der Waals surface area (Å²) in [7, 11) is 0. The van der Waals surface area contributed by atoms with Crippen LogP contribution in [0.1, 0.15) is 22.8 Å². The zero-order valence-electron chi connectivity index (χ0n) is 11.5. The molecule has 0 radical (unpaired) electrons. The summed E-state index contributed by atoms with van der Waals surface area (Å²) in [5.74, 6) is -0.317. The summed E-state index contributed by atoms with van der Waals surface area (Å²) in [4.78, 5) is 11.7. The molecule has 0 fully saturated rings. The van der Waals surface area contributed by atoms with Gasteiger partial charge in [0.1, 0.15) is 0 Å². The Morgan fingerprint density at radius 2 is 2.10 bits per heavy atom. The van der Waals surface area contributed by atoms with Crippen molar-refractivity contribution in [2.45, 2.75) is 13.5 Å². The first-order valence-corrected chi connectivity index (χ1v) is 7.72. The second kappa shape index (κ2) is 7.48. The van der Waals surface area contributed by atoms with E-state index in [9.17, 15) is 4.79 Å². The van der Waals surface area contributed by atoms with Crippen molar-refractivity contribution >= 4 is 39.2 Å². The number of carbonyl (C=O) groups is 1. The maximum atomic E-state index is 11.7. The van der Waals surface area contributed by atoms with E-state index in [-0.39, 0.29) is 5.97 Å². The first-order valence-electron chi connectivity index (χ1n) is 6.55. The lowest BCUT2D eigenvalue weighted by Crippen LogP contribution is -2.06. The number of rotatable bonds is 5. The molecule has 110 valence electrons. The molecule has 0 saturated heterocycles. The number of halogens is 2. The molecular weight excluding hydrogens is 354 g/mol. The fourth-order valence-corrected chi connectivity index (χ4v) is 2.57. The van der Waals surface area contributed by atoms with Crippen LogP contribution in [-0.2, 0) is 11.3 Å². The van der Waals surface area contributed by atoms with Gasteiger partial charge in [-0.2, -0.15) is 0 Å². The third-order valence-electron chi connectivity index (χ3n) is 2.87. The first kappa shape index (κ1) is 15.9. The van der Waals surface area contributed by atoms with E-state index in [2.05, 4.69) is 21.2 Å². The molecule has 0 aliphatic carbocycles. The van der Waals surface area contributed by atoms with Gasteiger partial charge in [-0.1, -0.05) is 39.7 Å². The van der Waals surface area contributed by atoms with Crippen LogP contribution >= 0.6 is 27.5 Å². The van der Waals surface area contributed by atoms with Crippen LogP contribution in [-0.4, -0.2) is 12.6 Å². The van der Waals surface area contributed by atoms with Crippen molar-refractivity contribution in [3.8, 4) is 0 Å². The lowest BCUT2D eigenvalue weighted by Gasteiger charge is -2.10. The fraction of sp³-hybridized carbons (Fsp3) is 0.188. The highest BCUT2D eigenvalue weighted by Crippen LogP contribution is 2.22. The van der Waals surface area contributed by atoms with Crippen molar-refractivity contribution in [2.24, 2.45) is 0 Å². The van der Waals surface area contributed by atoms with Crippen molar-refractivity contribution < 1.29 is 9.53 Å². The molecule has 0 bridgehead atoms. The van der Waals surface area contributed by atoms with Gasteiger partial charge in [0.05, 0.1) is 12.2 Å². The summed E-state index contributed by atoms with van der Waals surface area (Å²) < 4.78 is 5.93. The molecule has 21 heavy (non-hydrogen) atoms. The number of hydrogen-bond acceptors (Lipinski definition) is 3. The number of ether oxygens (including phenoxy) is 1. The molecule has 0 saturated carbocycles. The van der Waals surface area contributed by atoms with E-state index in [1.54, 1.807) is 19.1 Å². The fourth-order valence-electron chi connectivity index (χ4n) is 1.83. The maximum absolute atomic E-state index is 11.7. The lowest BCUT2D eigenvalue weighted by molar-refractivity contribution is 0.0526. The Labute approximate surface area is 137 Å². The molecule has 0 aromatic heterocycles. The molecule has 2 rings (SSSR count). The van der Waals surface area contributed by atoms with Crippen LogP contribution < -0.4 is 5.32 Å². The summed E-state index contributed by atoms with van der Waals surface area (Å²) in [6.07, 6.45) is 0. The Hall–Kier alpha value is -1.52. The molecule has 0 aliphatic heterocycles. The Bertz CT molecular complexity index is 646. The van der Waals surface area contributed by atoms with Crippen LogP contribution in [0.3, 0.4) is 0 Å². The average Bonchev–Trinajstić information content (AvgIpc) is 2.47. The van der Waals surface area contributed by atoms with E-state index in [0.29, 0.717) is 23.7 Å². The van der Waals surface area contributed by atoms with Crippen molar-refractivity contribution in [3.05, 3.63) is 63.1 Å². The van der Waals surface area contributed by atoms with Crippen molar-refractivity contribution in [1.82, 2.24) is 0 Å². The summed E-state index contributed by atoms with van der Waals surface area (Å²) >= 11 is 9.55. The van der Waals surface area contributed by atoms with Gasteiger partial charge in [-0.3, -0.25) is 0 Å². The van der Waals surface area contributed by atoms with E-state index >= 15 is 0 Å². The largest absolute Gasteiger partial charge is 0.462 e. The quantitative estimate of drug-likeness (QED) is 0.764. The minimum absolute atomic E-state index is 0.317.